The zero-order chi connectivity index (χ0) is 46.0. The second-order valence-corrected chi connectivity index (χ2v) is 11.0. The van der Waals surface area contributed by atoms with Crippen molar-refractivity contribution < 1.29 is 30.5 Å². The predicted octanol–water partition coefficient (Wildman–Crippen LogP) is 11.2. The summed E-state index contributed by atoms with van der Waals surface area (Å²) in [6.07, 6.45) is 1.15. The van der Waals surface area contributed by atoms with Gasteiger partial charge in [-0.3, -0.25) is 0 Å². The van der Waals surface area contributed by atoms with Crippen molar-refractivity contribution in [3.05, 3.63) is 139 Å². The Morgan fingerprint density at radius 3 is 2.40 bits per heavy atom. The number of hydrogen-bond donors (Lipinski definition) is 0. The topological polar surface area (TPSA) is 43.9 Å². The molecular weight excluding hydrogens is 571 g/mol. The van der Waals surface area contributed by atoms with Crippen LogP contribution in [0.1, 0.15) is 26.0 Å². The van der Waals surface area contributed by atoms with Gasteiger partial charge in [0.2, 0.25) is 0 Å². The van der Waals surface area contributed by atoms with Crippen LogP contribution in [-0.4, -0.2) is 14.5 Å². The zero-order valence-corrected chi connectivity index (χ0v) is 23.3. The summed E-state index contributed by atoms with van der Waals surface area (Å²) in [6.45, 7) is 0. The summed E-state index contributed by atoms with van der Waals surface area (Å²) in [5.41, 5.74) is -1.81. The zero-order valence-electron chi connectivity index (χ0n) is 41.5. The van der Waals surface area contributed by atoms with E-state index in [0.717, 1.165) is 22.2 Å². The summed E-state index contributed by atoms with van der Waals surface area (Å²) >= 11 is 1.13. The molecule has 0 bridgehead atoms. The summed E-state index contributed by atoms with van der Waals surface area (Å²) in [6, 6.07) is -6.92. The number of benzene rings is 6. The van der Waals surface area contributed by atoms with E-state index in [4.69, 9.17) is 25.0 Å². The highest BCUT2D eigenvalue weighted by atomic mass is 32.1. The van der Waals surface area contributed by atoms with Gasteiger partial charge in [-0.15, -0.1) is 11.3 Å². The molecule has 0 aliphatic heterocycles. The minimum atomic E-state index is -0.759. The summed E-state index contributed by atoms with van der Waals surface area (Å²) in [7, 11) is 0. The van der Waals surface area contributed by atoms with E-state index in [2.05, 4.69) is 9.97 Å². The third kappa shape index (κ3) is 3.59. The molecule has 0 atom stereocenters. The van der Waals surface area contributed by atoms with Crippen LogP contribution < -0.4 is 0 Å². The second kappa shape index (κ2) is 9.36. The summed E-state index contributed by atoms with van der Waals surface area (Å²) in [5.74, 6) is 0. The molecule has 4 aromatic heterocycles. The van der Waals surface area contributed by atoms with Crippen LogP contribution in [0.3, 0.4) is 0 Å². The van der Waals surface area contributed by atoms with E-state index < -0.39 is 120 Å². The van der Waals surface area contributed by atoms with E-state index in [1.807, 2.05) is 0 Å². The standard InChI is InChI=1S/C40H23N3OS/c1-2-9-24(10-3-1)25-17-20-35-31(22-25)38-40(45-35)37(41-23-42-38)26-11-8-12-27(21-26)43-32-15-6-4-14-30(32)36-33(43)19-18-29-28-13-5-7-16-34(28)44-39(29)36/h1-23H/i1D,2D,3D,4D,5D,6D,7D,8D,9D,10D,11D,12D,13D,14D,15D,16D,18D,19D,21D. The molecule has 0 fully saturated rings. The maximum Gasteiger partial charge on any atom is 0.145 e. The molecule has 10 rings (SSSR count). The second-order valence-electron chi connectivity index (χ2n) is 9.98. The van der Waals surface area contributed by atoms with Crippen LogP contribution in [0.15, 0.2) is 144 Å². The lowest BCUT2D eigenvalue weighted by Crippen LogP contribution is -1.95. The highest BCUT2D eigenvalue weighted by Gasteiger charge is 2.19. The first kappa shape index (κ1) is 12.7. The van der Waals surface area contributed by atoms with Gasteiger partial charge in [-0.1, -0.05) is 84.6 Å². The highest BCUT2D eigenvalue weighted by molar-refractivity contribution is 7.26. The lowest BCUT2D eigenvalue weighted by Gasteiger charge is -2.10. The van der Waals surface area contributed by atoms with Crippen molar-refractivity contribution in [2.75, 3.05) is 0 Å². The maximum absolute atomic E-state index is 9.74. The van der Waals surface area contributed by atoms with Crippen LogP contribution in [-0.2, 0) is 0 Å². The Morgan fingerprint density at radius 1 is 0.644 bits per heavy atom. The Labute approximate surface area is 288 Å². The van der Waals surface area contributed by atoms with Crippen molar-refractivity contribution in [3.8, 4) is 28.1 Å². The molecule has 5 heteroatoms. The van der Waals surface area contributed by atoms with Gasteiger partial charge in [0.05, 0.1) is 58.4 Å². The third-order valence-electron chi connectivity index (χ3n) is 7.58. The van der Waals surface area contributed by atoms with E-state index in [-0.39, 0.29) is 71.6 Å². The number of furan rings is 1. The molecule has 0 saturated heterocycles. The van der Waals surface area contributed by atoms with Gasteiger partial charge in [-0.25, -0.2) is 9.97 Å². The molecule has 0 aliphatic rings. The normalized spacial score (nSPS) is 17.9. The Morgan fingerprint density at radius 2 is 1.47 bits per heavy atom. The van der Waals surface area contributed by atoms with Crippen LogP contribution >= 0.6 is 11.3 Å². The van der Waals surface area contributed by atoms with Crippen LogP contribution in [0, 0.1) is 0 Å². The van der Waals surface area contributed by atoms with E-state index in [1.165, 1.54) is 0 Å². The van der Waals surface area contributed by atoms with Gasteiger partial charge in [0.25, 0.3) is 0 Å². The number of rotatable bonds is 3. The fraction of sp³-hybridized carbons (Fsp3) is 0. The first-order valence-electron chi connectivity index (χ1n) is 22.9. The quantitative estimate of drug-likeness (QED) is 0.199. The molecular formula is C40H23N3OS. The summed E-state index contributed by atoms with van der Waals surface area (Å²) < 4.78 is 174. The van der Waals surface area contributed by atoms with Crippen molar-refractivity contribution in [2.45, 2.75) is 0 Å². The molecule has 0 unspecified atom stereocenters. The molecule has 4 nitrogen and oxygen atoms in total. The number of aromatic nitrogens is 3. The Bertz CT molecular complexity index is 3830. The molecule has 45 heavy (non-hydrogen) atoms. The molecule has 210 valence electrons. The maximum atomic E-state index is 9.74. The molecule has 0 spiro atoms. The van der Waals surface area contributed by atoms with E-state index in [1.54, 1.807) is 18.2 Å². The number of para-hydroxylation sites is 2. The minimum absolute atomic E-state index is 0.0433. The first-order chi connectivity index (χ1) is 30.2. The lowest BCUT2D eigenvalue weighted by molar-refractivity contribution is 0.673. The van der Waals surface area contributed by atoms with Gasteiger partial charge in [-0.05, 0) is 59.5 Å². The van der Waals surface area contributed by atoms with Gasteiger partial charge in [-0.2, -0.15) is 0 Å². The van der Waals surface area contributed by atoms with Gasteiger partial charge in [0.15, 0.2) is 0 Å². The predicted molar refractivity (Wildman–Crippen MR) is 187 cm³/mol. The molecule has 4 heterocycles. The molecule has 10 aromatic rings. The van der Waals surface area contributed by atoms with Gasteiger partial charge in [0, 0.05) is 37.5 Å². The number of hydrogen-bond acceptors (Lipinski definition) is 4. The van der Waals surface area contributed by atoms with Crippen molar-refractivity contribution >= 4 is 75.4 Å². The molecule has 0 aliphatic carbocycles. The van der Waals surface area contributed by atoms with Crippen LogP contribution in [0.5, 0.6) is 0 Å². The van der Waals surface area contributed by atoms with Crippen LogP contribution in [0.4, 0.5) is 0 Å². The first-order valence-corrected chi connectivity index (χ1v) is 14.3. The average Bonchev–Trinajstić information content (AvgIpc) is 3.97. The van der Waals surface area contributed by atoms with Crippen molar-refractivity contribution in [1.29, 1.82) is 0 Å². The molecule has 6 aromatic carbocycles. The van der Waals surface area contributed by atoms with Crippen molar-refractivity contribution in [2.24, 2.45) is 0 Å². The fourth-order valence-corrected chi connectivity index (χ4v) is 6.80. The van der Waals surface area contributed by atoms with Gasteiger partial charge < -0.3 is 8.98 Å². The third-order valence-corrected chi connectivity index (χ3v) is 8.75. The SMILES string of the molecule is [2H]c1c([2H])c([2H])c(-c2ccc3sc4c(-c5c([2H])c([2H])c([2H])c(-n6c7c([2H])c([2H])c([2H])c([2H])c7c7c8oc9c([2H])c([2H])c([2H])c([2H])c9c8c([2H])c([2H])c76)c5[2H])ncnc4c3c2)c([2H])c1[2H]. The lowest BCUT2D eigenvalue weighted by atomic mass is 10.0. The van der Waals surface area contributed by atoms with Crippen LogP contribution in [0.25, 0.3) is 92.1 Å². The summed E-state index contributed by atoms with van der Waals surface area (Å²) in [5, 5.41) is -0.534. The minimum Gasteiger partial charge on any atom is -0.455 e. The molecule has 0 amide bonds. The Balaban J connectivity index is 1.33. The monoisotopic (exact) mass is 612 g/mol. The van der Waals surface area contributed by atoms with Crippen molar-refractivity contribution in [1.82, 2.24) is 14.5 Å². The van der Waals surface area contributed by atoms with E-state index >= 15 is 0 Å². The summed E-state index contributed by atoms with van der Waals surface area (Å²) in [4.78, 5) is 8.91. The number of thiophene rings is 1. The van der Waals surface area contributed by atoms with Crippen LogP contribution in [0.2, 0.25) is 0 Å². The smallest absolute Gasteiger partial charge is 0.145 e. The fourth-order valence-electron chi connectivity index (χ4n) is 5.67. The molecule has 0 saturated carbocycles. The molecule has 0 N–H and O–H groups in total. The largest absolute Gasteiger partial charge is 0.455 e. The van der Waals surface area contributed by atoms with Gasteiger partial charge in [0.1, 0.15) is 17.5 Å². The molecule has 0 radical (unpaired) electrons. The number of fused-ring (bicyclic) bond motifs is 10. The van der Waals surface area contributed by atoms with Gasteiger partial charge >= 0.3 is 0 Å². The Hall–Kier alpha value is -5.78. The van der Waals surface area contributed by atoms with Crippen molar-refractivity contribution in [3.63, 3.8) is 0 Å². The number of nitrogens with zero attached hydrogens (tertiary/aromatic N) is 3. The van der Waals surface area contributed by atoms with E-state index in [9.17, 15) is 5.48 Å². The van der Waals surface area contributed by atoms with E-state index in [0.29, 0.717) is 14.8 Å². The average molecular weight is 613 g/mol. The Kier molecular flexibility index (Phi) is 2.64. The highest BCUT2D eigenvalue weighted by Crippen LogP contribution is 2.42.